The van der Waals surface area contributed by atoms with Crippen LogP contribution in [-0.2, 0) is 9.59 Å². The summed E-state index contributed by atoms with van der Waals surface area (Å²) in [4.78, 5) is 59.0. The third kappa shape index (κ3) is 14.6. The highest BCUT2D eigenvalue weighted by atomic mass is 19.3. The van der Waals surface area contributed by atoms with Crippen LogP contribution in [-0.4, -0.2) is 130 Å². The number of carbonyl (C=O) groups excluding carboxylic acids is 2. The van der Waals surface area contributed by atoms with E-state index in [1.54, 1.807) is 36.0 Å². The molecule has 1 atom stereocenters. The molecule has 0 bridgehead atoms. The Kier molecular flexibility index (Phi) is 18.9. The fourth-order valence-corrected chi connectivity index (χ4v) is 9.52. The minimum Gasteiger partial charge on any atom is -0.457 e. The molecule has 0 aliphatic carbocycles. The van der Waals surface area contributed by atoms with Gasteiger partial charge in [0.05, 0.1) is 22.4 Å². The average molecular weight is 1160 g/mol. The van der Waals surface area contributed by atoms with E-state index in [1.165, 1.54) is 12.7 Å². The normalized spacial score (nSPS) is 14.4. The van der Waals surface area contributed by atoms with E-state index in [1.807, 2.05) is 111 Å². The molecule has 2 aliphatic rings. The zero-order valence-corrected chi connectivity index (χ0v) is 46.9. The van der Waals surface area contributed by atoms with Gasteiger partial charge in [0.1, 0.15) is 69.7 Å². The summed E-state index contributed by atoms with van der Waals surface area (Å²) in [6, 6.07) is 29.2. The Morgan fingerprint density at radius 3 is 1.52 bits per heavy atom. The number of hydrogen-bond acceptors (Lipinski definition) is 20. The monoisotopic (exact) mass is 1160 g/mol. The van der Waals surface area contributed by atoms with Crippen molar-refractivity contribution >= 4 is 91.3 Å². The number of fused-ring (bicyclic) bond motifs is 2. The third-order valence-corrected chi connectivity index (χ3v) is 13.9. The molecule has 2 fully saturated rings. The number of allylic oxidation sites excluding steroid dienone is 2. The Bertz CT molecular complexity index is 3810. The molecule has 8 aromatic rings. The van der Waals surface area contributed by atoms with Gasteiger partial charge < -0.3 is 50.3 Å². The standard InChI is InChI=1S/C30H31F2N9O2.C29H29F2N9O2/c1-18-14-20(4-8-25(18)43-21-5-6-22(34-3)24(15-21)39-33)37-30-29-23(35-17-36-30)7-10-27(38-29)40-12-13-41(19(2)16-40)28(42)11-9-26(31)32;1-18-15-19(3-7-24(18)42-20-4-5-21(33-2)23(16-20)38-32)36-29-28-22(34-17-35-29)6-9-26(37-28)39-11-13-40(14-12-39)27(41)10-8-25(30)31/h4-11,14-15,17,19,26,33-34H,12-13,16H2,1-3H3,(H,35,36,37);3-10,15-17,25,32-33H,11-14H2,1-2H3,(H,34,35,36)/b11-9+,39-33?;10-8+,38-32?. The smallest absolute Gasteiger partial charge is 0.257 e. The summed E-state index contributed by atoms with van der Waals surface area (Å²) in [6.07, 6.45) is 0.702. The first-order chi connectivity index (χ1) is 41.1. The first kappa shape index (κ1) is 59.2. The number of aromatic nitrogens is 6. The fraction of sp³-hybridized carbons (Fsp3) is 0.254. The van der Waals surface area contributed by atoms with Crippen molar-refractivity contribution in [2.24, 2.45) is 10.2 Å². The number of pyridine rings is 2. The molecule has 0 spiro atoms. The van der Waals surface area contributed by atoms with E-state index in [0.717, 1.165) is 46.0 Å². The second kappa shape index (κ2) is 27.1. The number of alkyl halides is 4. The van der Waals surface area contributed by atoms with E-state index < -0.39 is 24.7 Å². The van der Waals surface area contributed by atoms with Crippen LogP contribution < -0.4 is 40.5 Å². The van der Waals surface area contributed by atoms with E-state index in [4.69, 9.17) is 30.5 Å². The number of rotatable bonds is 18. The Labute approximate surface area is 486 Å². The minimum atomic E-state index is -2.66. The van der Waals surface area contributed by atoms with E-state index in [9.17, 15) is 27.2 Å². The molecule has 85 heavy (non-hydrogen) atoms. The van der Waals surface area contributed by atoms with Gasteiger partial charge in [0.25, 0.3) is 12.9 Å². The predicted molar refractivity (Wildman–Crippen MR) is 318 cm³/mol. The largest absolute Gasteiger partial charge is 0.457 e. The predicted octanol–water partition coefficient (Wildman–Crippen LogP) is 12.5. The van der Waals surface area contributed by atoms with Crippen LogP contribution in [0.25, 0.3) is 22.1 Å². The summed E-state index contributed by atoms with van der Waals surface area (Å²) in [7, 11) is 3.54. The van der Waals surface area contributed by atoms with Crippen molar-refractivity contribution in [3.63, 3.8) is 0 Å². The molecule has 1 unspecified atom stereocenters. The fourth-order valence-electron chi connectivity index (χ4n) is 9.52. The van der Waals surface area contributed by atoms with Crippen LogP contribution in [0.4, 0.5) is 75.0 Å². The van der Waals surface area contributed by atoms with Gasteiger partial charge in [-0.2, -0.15) is 10.2 Å². The van der Waals surface area contributed by atoms with Gasteiger partial charge in [0, 0.05) is 102 Å². The number of anilines is 8. The molecule has 2 aliphatic heterocycles. The number of amides is 2. The quantitative estimate of drug-likeness (QED) is 0.0265. The maximum atomic E-state index is 12.5. The molecular formula is C59H60F4N18O4. The molecule has 4 aromatic heterocycles. The van der Waals surface area contributed by atoms with Crippen LogP contribution >= 0.6 is 0 Å². The topological polar surface area (TPSA) is 263 Å². The Morgan fingerprint density at radius 2 is 1.07 bits per heavy atom. The molecule has 2 amide bonds. The lowest BCUT2D eigenvalue weighted by atomic mass is 10.1. The molecule has 2 saturated heterocycles. The van der Waals surface area contributed by atoms with Gasteiger partial charge in [-0.15, -0.1) is 0 Å². The molecule has 22 nitrogen and oxygen atoms in total. The number of nitrogens with one attached hydrogen (secondary N) is 6. The molecule has 4 aromatic carbocycles. The first-order valence-electron chi connectivity index (χ1n) is 26.8. The van der Waals surface area contributed by atoms with Crippen molar-refractivity contribution in [2.75, 3.05) is 91.0 Å². The zero-order valence-electron chi connectivity index (χ0n) is 46.9. The molecule has 26 heteroatoms. The van der Waals surface area contributed by atoms with Crippen molar-refractivity contribution in [3.8, 4) is 23.0 Å². The van der Waals surface area contributed by atoms with Gasteiger partial charge >= 0.3 is 0 Å². The van der Waals surface area contributed by atoms with Crippen LogP contribution in [0.1, 0.15) is 18.1 Å². The van der Waals surface area contributed by atoms with Gasteiger partial charge in [0.2, 0.25) is 11.8 Å². The van der Waals surface area contributed by atoms with E-state index >= 15 is 0 Å². The number of carbonyl (C=O) groups is 2. The molecule has 0 saturated carbocycles. The van der Waals surface area contributed by atoms with Crippen LogP contribution in [0, 0.1) is 24.9 Å². The van der Waals surface area contributed by atoms with E-state index in [-0.39, 0.29) is 6.04 Å². The summed E-state index contributed by atoms with van der Waals surface area (Å²) in [5, 5.41) is 19.8. The van der Waals surface area contributed by atoms with Crippen molar-refractivity contribution in [1.82, 2.24) is 39.7 Å². The number of aryl methyl sites for hydroxylation is 2. The van der Waals surface area contributed by atoms with Crippen molar-refractivity contribution in [2.45, 2.75) is 39.7 Å². The lowest BCUT2D eigenvalue weighted by Crippen LogP contribution is -2.54. The van der Waals surface area contributed by atoms with Gasteiger partial charge in [-0.1, -0.05) is 0 Å². The maximum absolute atomic E-state index is 12.5. The second-order valence-corrected chi connectivity index (χ2v) is 19.5. The zero-order chi connectivity index (χ0) is 60.1. The number of halogens is 4. The summed E-state index contributed by atoms with van der Waals surface area (Å²) in [5.41, 5.74) is 23.0. The third-order valence-electron chi connectivity index (χ3n) is 13.9. The number of piperazine rings is 2. The van der Waals surface area contributed by atoms with Crippen molar-refractivity contribution in [1.29, 1.82) is 11.1 Å². The molecular weight excluding hydrogens is 1100 g/mol. The highest BCUT2D eigenvalue weighted by Gasteiger charge is 2.28. The Hall–Kier alpha value is -10.4. The SMILES string of the molecule is CNc1ccc(Oc2ccc(Nc3ncnc4ccc(N5CCN(C(=O)/C=C/C(F)F)C(C)C5)nc34)cc2C)cc1N=N.CNc1ccc(Oc2ccc(Nc3ncnc4ccc(N5CCN(C(=O)/C=C/C(F)F)CC5)nc34)cc2C)cc1N=N. The summed E-state index contributed by atoms with van der Waals surface area (Å²) in [5.74, 6) is 4.07. The first-order valence-corrected chi connectivity index (χ1v) is 26.8. The maximum Gasteiger partial charge on any atom is 0.257 e. The minimum absolute atomic E-state index is 0.191. The van der Waals surface area contributed by atoms with Crippen LogP contribution in [0.5, 0.6) is 23.0 Å². The number of benzene rings is 4. The molecule has 10 rings (SSSR count). The van der Waals surface area contributed by atoms with Gasteiger partial charge in [-0.05, 0) is 129 Å². The lowest BCUT2D eigenvalue weighted by Gasteiger charge is -2.40. The van der Waals surface area contributed by atoms with Crippen LogP contribution in [0.15, 0.2) is 144 Å². The lowest BCUT2D eigenvalue weighted by molar-refractivity contribution is -0.128. The Morgan fingerprint density at radius 1 is 0.600 bits per heavy atom. The Balaban J connectivity index is 0.000000204. The number of ether oxygens (including phenoxy) is 2. The average Bonchev–Trinajstić information content (AvgIpc) is 3.68. The molecule has 6 heterocycles. The number of nitrogens with zero attached hydrogens (tertiary/aromatic N) is 12. The summed E-state index contributed by atoms with van der Waals surface area (Å²) in [6.45, 7) is 8.95. The van der Waals surface area contributed by atoms with E-state index in [0.29, 0.717) is 138 Å². The van der Waals surface area contributed by atoms with Crippen LogP contribution in [0.2, 0.25) is 0 Å². The molecule has 0 radical (unpaired) electrons. The van der Waals surface area contributed by atoms with Crippen LogP contribution in [0.3, 0.4) is 0 Å². The van der Waals surface area contributed by atoms with Gasteiger partial charge in [-0.25, -0.2) is 58.5 Å². The highest BCUT2D eigenvalue weighted by molar-refractivity contribution is 5.91. The molecule has 438 valence electrons. The van der Waals surface area contributed by atoms with Crippen molar-refractivity contribution in [3.05, 3.63) is 145 Å². The van der Waals surface area contributed by atoms with Gasteiger partial charge in [0.15, 0.2) is 11.6 Å². The molecule has 6 N–H and O–H groups in total. The number of hydrogen-bond donors (Lipinski definition) is 6. The second-order valence-electron chi connectivity index (χ2n) is 19.5. The summed E-state index contributed by atoms with van der Waals surface area (Å²) >= 11 is 0. The van der Waals surface area contributed by atoms with Crippen molar-refractivity contribution < 1.29 is 36.6 Å². The highest BCUT2D eigenvalue weighted by Crippen LogP contribution is 2.37. The van der Waals surface area contributed by atoms with E-state index in [2.05, 4.69) is 56.3 Å². The summed E-state index contributed by atoms with van der Waals surface area (Å²) < 4.78 is 61.9. The van der Waals surface area contributed by atoms with Gasteiger partial charge in [-0.3, -0.25) is 9.59 Å².